The van der Waals surface area contributed by atoms with Crippen LogP contribution in [0.2, 0.25) is 5.15 Å². The highest BCUT2D eigenvalue weighted by Crippen LogP contribution is 2.31. The second-order valence-electron chi connectivity index (χ2n) is 4.70. The molecule has 0 spiro atoms. The molecule has 3 nitrogen and oxygen atoms in total. The minimum Gasteiger partial charge on any atom is -0.374 e. The van der Waals surface area contributed by atoms with E-state index in [1.54, 1.807) is 6.20 Å². The highest BCUT2D eigenvalue weighted by Gasteiger charge is 2.21. The Labute approximate surface area is 117 Å². The monoisotopic (exact) mass is 274 g/mol. The summed E-state index contributed by atoms with van der Waals surface area (Å²) in [6.45, 7) is 3.33. The Morgan fingerprint density at radius 3 is 3.00 bits per heavy atom. The second kappa shape index (κ2) is 5.19. The summed E-state index contributed by atoms with van der Waals surface area (Å²) in [6.07, 6.45) is 1.72. The molecule has 1 N–H and O–H groups in total. The van der Waals surface area contributed by atoms with Crippen LogP contribution in [0.15, 0.2) is 36.5 Å². The zero-order valence-corrected chi connectivity index (χ0v) is 11.4. The topological polar surface area (TPSA) is 34.2 Å². The fraction of sp³-hybridized carbons (Fsp3) is 0.267. The number of rotatable bonds is 2. The van der Waals surface area contributed by atoms with Crippen molar-refractivity contribution in [2.24, 2.45) is 0 Å². The Morgan fingerprint density at radius 2 is 2.16 bits per heavy atom. The first kappa shape index (κ1) is 12.5. The van der Waals surface area contributed by atoms with Gasteiger partial charge in [-0.05, 0) is 29.7 Å². The molecular formula is C15H15ClN2O. The van der Waals surface area contributed by atoms with Crippen molar-refractivity contribution >= 4 is 17.3 Å². The smallest absolute Gasteiger partial charge is 0.152 e. The maximum absolute atomic E-state index is 6.16. The van der Waals surface area contributed by atoms with Gasteiger partial charge in [0.25, 0.3) is 0 Å². The van der Waals surface area contributed by atoms with Crippen molar-refractivity contribution in [3.05, 3.63) is 58.4 Å². The lowest BCUT2D eigenvalue weighted by molar-refractivity contribution is 0.0970. The van der Waals surface area contributed by atoms with Crippen molar-refractivity contribution in [2.45, 2.75) is 19.6 Å². The number of halogens is 1. The van der Waals surface area contributed by atoms with Crippen molar-refractivity contribution in [3.63, 3.8) is 0 Å². The molecule has 0 bridgehead atoms. The fourth-order valence-corrected chi connectivity index (χ4v) is 2.63. The molecule has 1 atom stereocenters. The van der Waals surface area contributed by atoms with Gasteiger partial charge in [-0.3, -0.25) is 0 Å². The lowest BCUT2D eigenvalue weighted by atomic mass is 9.99. The van der Waals surface area contributed by atoms with Crippen LogP contribution in [0.3, 0.4) is 0 Å². The first-order valence-corrected chi connectivity index (χ1v) is 6.66. The molecular weight excluding hydrogens is 260 g/mol. The van der Waals surface area contributed by atoms with Gasteiger partial charge < -0.3 is 10.1 Å². The molecule has 0 amide bonds. The minimum absolute atomic E-state index is 0.116. The summed E-state index contributed by atoms with van der Waals surface area (Å²) in [6, 6.07) is 10.4. The van der Waals surface area contributed by atoms with E-state index in [9.17, 15) is 0 Å². The standard InChI is InChI=1S/C15H15ClN2O/c1-10-6-7-17-15(16)14(10)18-13-9-19-8-11-4-2-3-5-12(11)13/h2-7,13,18H,8-9H2,1H3. The van der Waals surface area contributed by atoms with E-state index in [-0.39, 0.29) is 6.04 Å². The molecule has 2 heterocycles. The molecule has 98 valence electrons. The van der Waals surface area contributed by atoms with Crippen LogP contribution in [0.5, 0.6) is 0 Å². The van der Waals surface area contributed by atoms with Gasteiger partial charge in [0.1, 0.15) is 0 Å². The van der Waals surface area contributed by atoms with Gasteiger partial charge in [0, 0.05) is 6.20 Å². The van der Waals surface area contributed by atoms with Crippen molar-refractivity contribution in [2.75, 3.05) is 11.9 Å². The largest absolute Gasteiger partial charge is 0.374 e. The van der Waals surface area contributed by atoms with Gasteiger partial charge in [-0.25, -0.2) is 4.98 Å². The van der Waals surface area contributed by atoms with Crippen LogP contribution >= 0.6 is 11.6 Å². The number of nitrogens with one attached hydrogen (secondary N) is 1. The zero-order chi connectivity index (χ0) is 13.2. The summed E-state index contributed by atoms with van der Waals surface area (Å²) in [5, 5.41) is 3.96. The summed E-state index contributed by atoms with van der Waals surface area (Å²) in [5.41, 5.74) is 4.47. The van der Waals surface area contributed by atoms with Crippen molar-refractivity contribution < 1.29 is 4.74 Å². The van der Waals surface area contributed by atoms with E-state index < -0.39 is 0 Å². The number of hydrogen-bond donors (Lipinski definition) is 1. The van der Waals surface area contributed by atoms with E-state index in [1.807, 2.05) is 19.1 Å². The quantitative estimate of drug-likeness (QED) is 0.848. The van der Waals surface area contributed by atoms with Gasteiger partial charge in [-0.1, -0.05) is 35.9 Å². The Hall–Kier alpha value is -1.58. The molecule has 1 unspecified atom stereocenters. The Morgan fingerprint density at radius 1 is 1.32 bits per heavy atom. The molecule has 1 aliphatic rings. The van der Waals surface area contributed by atoms with Crippen molar-refractivity contribution in [3.8, 4) is 0 Å². The predicted molar refractivity (Wildman–Crippen MR) is 76.4 cm³/mol. The molecule has 4 heteroatoms. The number of fused-ring (bicyclic) bond motifs is 1. The number of aromatic nitrogens is 1. The van der Waals surface area contributed by atoms with E-state index in [1.165, 1.54) is 11.1 Å². The van der Waals surface area contributed by atoms with Gasteiger partial charge >= 0.3 is 0 Å². The highest BCUT2D eigenvalue weighted by atomic mass is 35.5. The predicted octanol–water partition coefficient (Wildman–Crippen LogP) is 3.73. The number of pyridine rings is 1. The van der Waals surface area contributed by atoms with E-state index in [4.69, 9.17) is 16.3 Å². The third-order valence-corrected chi connectivity index (χ3v) is 3.69. The van der Waals surface area contributed by atoms with E-state index in [2.05, 4.69) is 28.5 Å². The van der Waals surface area contributed by atoms with Gasteiger partial charge in [-0.2, -0.15) is 0 Å². The van der Waals surface area contributed by atoms with Crippen LogP contribution in [-0.2, 0) is 11.3 Å². The SMILES string of the molecule is Cc1ccnc(Cl)c1NC1COCc2ccccc21. The van der Waals surface area contributed by atoms with Gasteiger partial charge in [0.05, 0.1) is 24.9 Å². The van der Waals surface area contributed by atoms with Gasteiger partial charge in [0.2, 0.25) is 0 Å². The lowest BCUT2D eigenvalue weighted by Crippen LogP contribution is -2.23. The lowest BCUT2D eigenvalue weighted by Gasteiger charge is -2.28. The number of benzene rings is 1. The molecule has 1 aromatic heterocycles. The van der Waals surface area contributed by atoms with Crippen molar-refractivity contribution in [1.82, 2.24) is 4.98 Å². The van der Waals surface area contributed by atoms with E-state index in [0.29, 0.717) is 18.4 Å². The van der Waals surface area contributed by atoms with Crippen LogP contribution in [0.25, 0.3) is 0 Å². The number of anilines is 1. The molecule has 1 aromatic carbocycles. The van der Waals surface area contributed by atoms with Crippen LogP contribution in [-0.4, -0.2) is 11.6 Å². The third kappa shape index (κ3) is 2.44. The molecule has 0 radical (unpaired) electrons. The number of hydrogen-bond acceptors (Lipinski definition) is 3. The maximum atomic E-state index is 6.16. The third-order valence-electron chi connectivity index (χ3n) is 3.40. The number of ether oxygens (including phenoxy) is 1. The van der Waals surface area contributed by atoms with Crippen LogP contribution < -0.4 is 5.32 Å². The fourth-order valence-electron chi connectivity index (χ4n) is 2.37. The molecule has 0 aliphatic carbocycles. The average Bonchev–Trinajstić information content (AvgIpc) is 2.43. The molecule has 0 fully saturated rings. The second-order valence-corrected chi connectivity index (χ2v) is 5.06. The number of nitrogens with zero attached hydrogens (tertiary/aromatic N) is 1. The van der Waals surface area contributed by atoms with Gasteiger partial charge in [0.15, 0.2) is 5.15 Å². The summed E-state index contributed by atoms with van der Waals surface area (Å²) in [4.78, 5) is 4.12. The summed E-state index contributed by atoms with van der Waals surface area (Å²) >= 11 is 6.16. The van der Waals surface area contributed by atoms with Crippen LogP contribution in [0.4, 0.5) is 5.69 Å². The molecule has 0 saturated carbocycles. The first-order valence-electron chi connectivity index (χ1n) is 6.29. The molecule has 0 saturated heterocycles. The van der Waals surface area contributed by atoms with Crippen LogP contribution in [0.1, 0.15) is 22.7 Å². The molecule has 3 rings (SSSR count). The van der Waals surface area contributed by atoms with Gasteiger partial charge in [-0.15, -0.1) is 0 Å². The Balaban J connectivity index is 1.93. The van der Waals surface area contributed by atoms with E-state index >= 15 is 0 Å². The Bertz CT molecular complexity index is 580. The van der Waals surface area contributed by atoms with Crippen molar-refractivity contribution in [1.29, 1.82) is 0 Å². The first-order chi connectivity index (χ1) is 9.25. The minimum atomic E-state index is 0.116. The Kier molecular flexibility index (Phi) is 3.40. The summed E-state index contributed by atoms with van der Waals surface area (Å²) in [7, 11) is 0. The summed E-state index contributed by atoms with van der Waals surface area (Å²) < 4.78 is 5.63. The van der Waals surface area contributed by atoms with Crippen LogP contribution in [0, 0.1) is 6.92 Å². The number of aryl methyl sites for hydroxylation is 1. The van der Waals surface area contributed by atoms with E-state index in [0.717, 1.165) is 11.3 Å². The average molecular weight is 275 g/mol. The molecule has 1 aliphatic heterocycles. The summed E-state index contributed by atoms with van der Waals surface area (Å²) in [5.74, 6) is 0. The zero-order valence-electron chi connectivity index (χ0n) is 10.7. The normalized spacial score (nSPS) is 17.9. The maximum Gasteiger partial charge on any atom is 0.152 e. The highest BCUT2D eigenvalue weighted by molar-refractivity contribution is 6.32. The molecule has 19 heavy (non-hydrogen) atoms. The molecule has 2 aromatic rings.